The number of hydrogen-bond acceptors (Lipinski definition) is 3. The quantitative estimate of drug-likeness (QED) is 0.156. The molecule has 1 aliphatic carbocycles. The molecule has 5 aromatic carbocycles. The highest BCUT2D eigenvalue weighted by Gasteiger charge is 2.37. The van der Waals surface area contributed by atoms with Crippen LogP contribution in [-0.4, -0.2) is 6.21 Å². The van der Waals surface area contributed by atoms with Gasteiger partial charge in [-0.15, -0.1) is 0 Å². The number of allylic oxidation sites excluding steroid dienone is 2. The molecule has 0 spiro atoms. The van der Waals surface area contributed by atoms with Gasteiger partial charge in [0.05, 0.1) is 11.7 Å². The molecular weight excluding hydrogens is 568 g/mol. The van der Waals surface area contributed by atoms with E-state index >= 15 is 0 Å². The summed E-state index contributed by atoms with van der Waals surface area (Å²) in [5.74, 6) is 1.81. The van der Waals surface area contributed by atoms with Crippen LogP contribution in [0.4, 0.5) is 11.4 Å². The highest BCUT2D eigenvalue weighted by molar-refractivity contribution is 9.10. The molecule has 7 rings (SSSR count). The summed E-state index contributed by atoms with van der Waals surface area (Å²) < 4.78 is 7.31. The lowest BCUT2D eigenvalue weighted by Gasteiger charge is -2.37. The minimum absolute atomic E-state index is 0.280. The maximum absolute atomic E-state index is 6.32. The Hall–Kier alpha value is -4.15. The second-order valence-electron chi connectivity index (χ2n) is 11.0. The third-order valence-corrected chi connectivity index (χ3v) is 8.85. The number of aliphatic imine (C=N–C) groups is 1. The predicted octanol–water partition coefficient (Wildman–Crippen LogP) is 10.1. The van der Waals surface area contributed by atoms with E-state index in [4.69, 9.17) is 9.73 Å². The lowest BCUT2D eigenvalue weighted by atomic mass is 9.76. The van der Waals surface area contributed by atoms with Crippen molar-refractivity contribution in [3.8, 4) is 5.75 Å². The zero-order valence-electron chi connectivity index (χ0n) is 22.9. The number of nitrogens with zero attached hydrogens (tertiary/aromatic N) is 1. The molecule has 41 heavy (non-hydrogen) atoms. The Labute approximate surface area is 249 Å². The summed E-state index contributed by atoms with van der Waals surface area (Å²) in [7, 11) is 0. The fourth-order valence-corrected chi connectivity index (χ4v) is 6.66. The van der Waals surface area contributed by atoms with Gasteiger partial charge in [-0.05, 0) is 83.1 Å². The van der Waals surface area contributed by atoms with Crippen LogP contribution in [0.1, 0.15) is 46.2 Å². The minimum Gasteiger partial charge on any atom is -0.488 e. The van der Waals surface area contributed by atoms with Crippen molar-refractivity contribution >= 4 is 44.3 Å². The van der Waals surface area contributed by atoms with Crippen LogP contribution in [0.3, 0.4) is 0 Å². The van der Waals surface area contributed by atoms with E-state index in [-0.39, 0.29) is 6.04 Å². The lowest BCUT2D eigenvalue weighted by molar-refractivity contribution is 0.307. The van der Waals surface area contributed by atoms with Gasteiger partial charge in [-0.2, -0.15) is 0 Å². The zero-order chi connectivity index (χ0) is 27.8. The van der Waals surface area contributed by atoms with E-state index in [0.717, 1.165) is 27.9 Å². The molecule has 1 aliphatic heterocycles. The van der Waals surface area contributed by atoms with Crippen LogP contribution in [0.2, 0.25) is 0 Å². The Morgan fingerprint density at radius 2 is 1.78 bits per heavy atom. The van der Waals surface area contributed by atoms with Crippen molar-refractivity contribution in [3.05, 3.63) is 148 Å². The van der Waals surface area contributed by atoms with Crippen LogP contribution in [0.15, 0.2) is 125 Å². The van der Waals surface area contributed by atoms with Crippen molar-refractivity contribution in [1.82, 2.24) is 0 Å². The van der Waals surface area contributed by atoms with E-state index in [1.54, 1.807) is 0 Å². The number of halogens is 1. The number of fused-ring (bicyclic) bond motifs is 4. The van der Waals surface area contributed by atoms with Gasteiger partial charge in [0.2, 0.25) is 0 Å². The Morgan fingerprint density at radius 1 is 0.927 bits per heavy atom. The summed E-state index contributed by atoms with van der Waals surface area (Å²) in [4.78, 5) is 4.82. The van der Waals surface area contributed by atoms with Crippen LogP contribution in [0, 0.1) is 12.8 Å². The van der Waals surface area contributed by atoms with Gasteiger partial charge < -0.3 is 10.1 Å². The molecule has 1 heterocycles. The molecule has 202 valence electrons. The molecule has 2 aliphatic rings. The first kappa shape index (κ1) is 25.8. The average Bonchev–Trinajstić information content (AvgIpc) is 3.50. The van der Waals surface area contributed by atoms with E-state index in [1.807, 2.05) is 18.3 Å². The Bertz CT molecular complexity index is 1780. The molecule has 0 saturated carbocycles. The summed E-state index contributed by atoms with van der Waals surface area (Å²) in [5, 5.41) is 6.28. The fourth-order valence-electron chi connectivity index (χ4n) is 6.28. The van der Waals surface area contributed by atoms with Gasteiger partial charge in [-0.1, -0.05) is 100 Å². The summed E-state index contributed by atoms with van der Waals surface area (Å²) in [6, 6.07) is 36.5. The van der Waals surface area contributed by atoms with Gasteiger partial charge >= 0.3 is 0 Å². The zero-order valence-corrected chi connectivity index (χ0v) is 24.5. The summed E-state index contributed by atoms with van der Waals surface area (Å²) in [6.45, 7) is 2.67. The number of anilines is 1. The fraction of sp³-hybridized carbons (Fsp3) is 0.162. The second kappa shape index (κ2) is 11.0. The van der Waals surface area contributed by atoms with Crippen molar-refractivity contribution in [2.24, 2.45) is 10.9 Å². The van der Waals surface area contributed by atoms with Gasteiger partial charge in [0.1, 0.15) is 12.4 Å². The molecule has 0 unspecified atom stereocenters. The Morgan fingerprint density at radius 3 is 2.68 bits per heavy atom. The number of hydrogen-bond donors (Lipinski definition) is 1. The first-order valence-electron chi connectivity index (χ1n) is 14.2. The third-order valence-electron chi connectivity index (χ3n) is 8.36. The van der Waals surface area contributed by atoms with Crippen molar-refractivity contribution in [2.75, 3.05) is 5.32 Å². The smallest absolute Gasteiger partial charge is 0.128 e. The van der Waals surface area contributed by atoms with Crippen molar-refractivity contribution in [2.45, 2.75) is 31.9 Å². The predicted molar refractivity (Wildman–Crippen MR) is 174 cm³/mol. The Balaban J connectivity index is 1.09. The first-order chi connectivity index (χ1) is 20.1. The van der Waals surface area contributed by atoms with Gasteiger partial charge in [0, 0.05) is 27.9 Å². The SMILES string of the molecule is Cc1ccc2c(c1)[C@@H]1C=CC[C@H]1[C@@H](c1ccc(N=Cc3cc(Br)ccc3OCc3cccc4ccccc34)cc1)N2. The highest BCUT2D eigenvalue weighted by Crippen LogP contribution is 2.50. The molecule has 3 nitrogen and oxygen atoms in total. The summed E-state index contributed by atoms with van der Waals surface area (Å²) in [6.07, 6.45) is 7.73. The minimum atomic E-state index is 0.280. The molecule has 1 N–H and O–H groups in total. The molecule has 0 amide bonds. The molecule has 0 saturated heterocycles. The summed E-state index contributed by atoms with van der Waals surface area (Å²) in [5.41, 5.74) is 8.31. The third kappa shape index (κ3) is 5.20. The van der Waals surface area contributed by atoms with Crippen molar-refractivity contribution in [1.29, 1.82) is 0 Å². The maximum Gasteiger partial charge on any atom is 0.128 e. The number of nitrogens with one attached hydrogen (secondary N) is 1. The highest BCUT2D eigenvalue weighted by atomic mass is 79.9. The number of ether oxygens (including phenoxy) is 1. The second-order valence-corrected chi connectivity index (χ2v) is 11.9. The topological polar surface area (TPSA) is 33.6 Å². The van der Waals surface area contributed by atoms with Gasteiger partial charge in [0.25, 0.3) is 0 Å². The lowest BCUT2D eigenvalue weighted by Crippen LogP contribution is -2.29. The number of benzene rings is 5. The van der Waals surface area contributed by atoms with E-state index in [1.165, 1.54) is 38.7 Å². The summed E-state index contributed by atoms with van der Waals surface area (Å²) >= 11 is 3.61. The van der Waals surface area contributed by atoms with Gasteiger partial charge in [0.15, 0.2) is 0 Å². The number of aryl methyl sites for hydroxylation is 1. The first-order valence-corrected chi connectivity index (χ1v) is 15.0. The van der Waals surface area contributed by atoms with Crippen LogP contribution in [0.25, 0.3) is 10.8 Å². The monoisotopic (exact) mass is 598 g/mol. The van der Waals surface area contributed by atoms with E-state index in [9.17, 15) is 0 Å². The van der Waals surface area contributed by atoms with Crippen molar-refractivity contribution < 1.29 is 4.74 Å². The van der Waals surface area contributed by atoms with Crippen molar-refractivity contribution in [3.63, 3.8) is 0 Å². The van der Waals surface area contributed by atoms with Gasteiger partial charge in [-0.25, -0.2) is 0 Å². The van der Waals surface area contributed by atoms with E-state index < -0.39 is 0 Å². The molecule has 0 fully saturated rings. The van der Waals surface area contributed by atoms with E-state index in [0.29, 0.717) is 18.4 Å². The van der Waals surface area contributed by atoms with Crippen LogP contribution in [-0.2, 0) is 6.61 Å². The van der Waals surface area contributed by atoms with E-state index in [2.05, 4.69) is 131 Å². The molecule has 5 aromatic rings. The van der Waals surface area contributed by atoms with Gasteiger partial charge in [-0.3, -0.25) is 4.99 Å². The average molecular weight is 600 g/mol. The normalized spacial score (nSPS) is 19.2. The molecule has 4 heteroatoms. The standard InChI is InChI=1S/C37H31BrN2O/c1-24-12-18-35-34(20-24)32-10-5-11-33(32)37(40-35)26-13-16-30(17-14-26)39-22-28-21-29(38)15-19-36(28)41-23-27-8-4-7-25-6-2-3-9-31(25)27/h2-10,12-22,32-33,37,40H,11,23H2,1H3/t32-,33-,37-/m1/s1. The van der Waals surface area contributed by atoms with Crippen LogP contribution in [0.5, 0.6) is 5.75 Å². The maximum atomic E-state index is 6.32. The molecule has 0 bridgehead atoms. The van der Waals surface area contributed by atoms with Crippen LogP contribution < -0.4 is 10.1 Å². The molecule has 3 atom stereocenters. The number of rotatable bonds is 6. The van der Waals surface area contributed by atoms with Crippen LogP contribution >= 0.6 is 15.9 Å². The molecule has 0 aromatic heterocycles. The Kier molecular flexibility index (Phi) is 6.93. The molecular formula is C37H31BrN2O. The largest absolute Gasteiger partial charge is 0.488 e. The molecule has 0 radical (unpaired) electrons.